The van der Waals surface area contributed by atoms with Crippen LogP contribution >= 0.6 is 11.6 Å². The number of aryl methyl sites for hydroxylation is 1. The summed E-state index contributed by atoms with van der Waals surface area (Å²) in [6.07, 6.45) is 6.16. The first kappa shape index (κ1) is 19.1. The van der Waals surface area contributed by atoms with E-state index in [-0.39, 0.29) is 6.10 Å². The number of rotatable bonds is 5. The van der Waals surface area contributed by atoms with Crippen molar-refractivity contribution in [3.8, 4) is 16.8 Å². The van der Waals surface area contributed by atoms with Gasteiger partial charge in [-0.25, -0.2) is 9.97 Å². The van der Waals surface area contributed by atoms with E-state index in [0.717, 1.165) is 70.2 Å². The van der Waals surface area contributed by atoms with Gasteiger partial charge in [0.05, 0.1) is 11.5 Å². The van der Waals surface area contributed by atoms with Gasteiger partial charge in [-0.2, -0.15) is 0 Å². The summed E-state index contributed by atoms with van der Waals surface area (Å²) >= 11 is 6.42. The Bertz CT molecular complexity index is 1180. The third kappa shape index (κ3) is 3.55. The van der Waals surface area contributed by atoms with E-state index in [1.165, 1.54) is 0 Å². The molecule has 2 aromatic carbocycles. The Morgan fingerprint density at radius 2 is 2.03 bits per heavy atom. The van der Waals surface area contributed by atoms with Crippen LogP contribution in [-0.4, -0.2) is 33.8 Å². The van der Waals surface area contributed by atoms with Crippen LogP contribution in [0.15, 0.2) is 61.1 Å². The van der Waals surface area contributed by atoms with Gasteiger partial charge in [-0.05, 0) is 43.0 Å². The molecule has 6 heteroatoms. The molecule has 152 valence electrons. The maximum atomic E-state index is 6.42. The number of benzene rings is 2. The fourth-order valence-electron chi connectivity index (χ4n) is 3.98. The molecule has 5 nitrogen and oxygen atoms in total. The standard InChI is InChI=1S/C24H23ClN4O/c1-16-9-10-18(12-21(16)25)29-14-20(17-6-3-2-4-7-17)22-23(27-15-28-24(22)29)26-13-19-8-5-11-30-19/h2-4,6-7,9-10,12,14-15,19H,5,8,11,13H2,1H3,(H,26,27,28). The van der Waals surface area contributed by atoms with Crippen molar-refractivity contribution in [2.75, 3.05) is 18.5 Å². The molecular formula is C24H23ClN4O. The van der Waals surface area contributed by atoms with Crippen molar-refractivity contribution in [2.24, 2.45) is 0 Å². The van der Waals surface area contributed by atoms with E-state index in [9.17, 15) is 0 Å². The third-order valence-electron chi connectivity index (χ3n) is 5.62. The summed E-state index contributed by atoms with van der Waals surface area (Å²) in [5.41, 5.74) is 5.07. The smallest absolute Gasteiger partial charge is 0.150 e. The summed E-state index contributed by atoms with van der Waals surface area (Å²) in [6, 6.07) is 16.4. The van der Waals surface area contributed by atoms with Crippen molar-refractivity contribution in [1.29, 1.82) is 0 Å². The Labute approximate surface area is 180 Å². The summed E-state index contributed by atoms with van der Waals surface area (Å²) in [6.45, 7) is 3.58. The lowest BCUT2D eigenvalue weighted by molar-refractivity contribution is 0.120. The van der Waals surface area contributed by atoms with Crippen LogP contribution in [0.3, 0.4) is 0 Å². The Hall–Kier alpha value is -2.89. The largest absolute Gasteiger partial charge is 0.376 e. The molecule has 5 rings (SSSR count). The van der Waals surface area contributed by atoms with E-state index in [1.807, 2.05) is 37.3 Å². The number of anilines is 1. The van der Waals surface area contributed by atoms with Crippen molar-refractivity contribution >= 4 is 28.5 Å². The second-order valence-electron chi connectivity index (χ2n) is 7.65. The average Bonchev–Trinajstić information content (AvgIpc) is 3.43. The highest BCUT2D eigenvalue weighted by Gasteiger charge is 2.20. The molecule has 1 N–H and O–H groups in total. The van der Waals surface area contributed by atoms with E-state index >= 15 is 0 Å². The van der Waals surface area contributed by atoms with Crippen molar-refractivity contribution in [3.63, 3.8) is 0 Å². The van der Waals surface area contributed by atoms with Gasteiger partial charge in [-0.1, -0.05) is 48.0 Å². The second kappa shape index (κ2) is 8.09. The van der Waals surface area contributed by atoms with Crippen LogP contribution in [0, 0.1) is 6.92 Å². The van der Waals surface area contributed by atoms with Crippen molar-refractivity contribution in [1.82, 2.24) is 14.5 Å². The highest BCUT2D eigenvalue weighted by Crippen LogP contribution is 2.36. The highest BCUT2D eigenvalue weighted by molar-refractivity contribution is 6.31. The fraction of sp³-hybridized carbons (Fsp3) is 0.250. The first-order chi connectivity index (χ1) is 14.7. The van der Waals surface area contributed by atoms with Crippen LogP contribution < -0.4 is 5.32 Å². The van der Waals surface area contributed by atoms with E-state index < -0.39 is 0 Å². The Morgan fingerprint density at radius 1 is 1.17 bits per heavy atom. The lowest BCUT2D eigenvalue weighted by atomic mass is 10.1. The molecule has 1 fully saturated rings. The van der Waals surface area contributed by atoms with Crippen LogP contribution in [0.2, 0.25) is 5.02 Å². The minimum absolute atomic E-state index is 0.230. The first-order valence-electron chi connectivity index (χ1n) is 10.2. The zero-order valence-corrected chi connectivity index (χ0v) is 17.6. The van der Waals surface area contributed by atoms with Crippen LogP contribution in [-0.2, 0) is 4.74 Å². The van der Waals surface area contributed by atoms with E-state index in [2.05, 4.69) is 44.2 Å². The van der Waals surface area contributed by atoms with Crippen LogP contribution in [0.4, 0.5) is 5.82 Å². The average molecular weight is 419 g/mol. The summed E-state index contributed by atoms with van der Waals surface area (Å²) in [7, 11) is 0. The highest BCUT2D eigenvalue weighted by atomic mass is 35.5. The van der Waals surface area contributed by atoms with Crippen LogP contribution in [0.25, 0.3) is 27.8 Å². The molecule has 1 aliphatic rings. The third-order valence-corrected chi connectivity index (χ3v) is 6.03. The molecule has 0 amide bonds. The molecule has 0 spiro atoms. The Morgan fingerprint density at radius 3 is 2.80 bits per heavy atom. The normalized spacial score (nSPS) is 16.3. The Balaban J connectivity index is 1.66. The zero-order valence-electron chi connectivity index (χ0n) is 16.8. The molecule has 0 aliphatic carbocycles. The number of fused-ring (bicyclic) bond motifs is 1. The predicted molar refractivity (Wildman–Crippen MR) is 122 cm³/mol. The van der Waals surface area contributed by atoms with Crippen LogP contribution in [0.5, 0.6) is 0 Å². The van der Waals surface area contributed by atoms with E-state index in [0.29, 0.717) is 0 Å². The molecule has 3 heterocycles. The van der Waals surface area contributed by atoms with Gasteiger partial charge in [0.25, 0.3) is 0 Å². The Kier molecular flexibility index (Phi) is 5.15. The molecule has 2 aromatic heterocycles. The fourth-order valence-corrected chi connectivity index (χ4v) is 4.15. The molecule has 30 heavy (non-hydrogen) atoms. The van der Waals surface area contributed by atoms with Crippen LogP contribution in [0.1, 0.15) is 18.4 Å². The molecule has 1 aliphatic heterocycles. The lowest BCUT2D eigenvalue weighted by Gasteiger charge is -2.13. The number of hydrogen-bond acceptors (Lipinski definition) is 4. The minimum Gasteiger partial charge on any atom is -0.376 e. The first-order valence-corrected chi connectivity index (χ1v) is 10.6. The number of nitrogens with one attached hydrogen (secondary N) is 1. The summed E-state index contributed by atoms with van der Waals surface area (Å²) in [5, 5.41) is 5.25. The number of halogens is 1. The summed E-state index contributed by atoms with van der Waals surface area (Å²) < 4.78 is 7.86. The molecular weight excluding hydrogens is 396 g/mol. The summed E-state index contributed by atoms with van der Waals surface area (Å²) in [5.74, 6) is 0.825. The SMILES string of the molecule is Cc1ccc(-n2cc(-c3ccccc3)c3c(NCC4CCCO4)ncnc32)cc1Cl. The monoisotopic (exact) mass is 418 g/mol. The predicted octanol–water partition coefficient (Wildman–Crippen LogP) is 5.64. The van der Waals surface area contributed by atoms with Gasteiger partial charge in [0.15, 0.2) is 5.65 Å². The zero-order chi connectivity index (χ0) is 20.5. The molecule has 4 aromatic rings. The molecule has 0 bridgehead atoms. The van der Waals surface area contributed by atoms with Crippen molar-refractivity contribution < 1.29 is 4.74 Å². The van der Waals surface area contributed by atoms with Gasteiger partial charge in [-0.15, -0.1) is 0 Å². The maximum Gasteiger partial charge on any atom is 0.150 e. The molecule has 1 atom stereocenters. The van der Waals surface area contributed by atoms with Crippen molar-refractivity contribution in [2.45, 2.75) is 25.9 Å². The maximum absolute atomic E-state index is 6.42. The van der Waals surface area contributed by atoms with Gasteiger partial charge in [0.2, 0.25) is 0 Å². The second-order valence-corrected chi connectivity index (χ2v) is 8.06. The van der Waals surface area contributed by atoms with E-state index in [1.54, 1.807) is 6.33 Å². The van der Waals surface area contributed by atoms with Gasteiger partial charge in [0, 0.05) is 35.6 Å². The van der Waals surface area contributed by atoms with Gasteiger partial charge in [0.1, 0.15) is 12.1 Å². The number of ether oxygens (including phenoxy) is 1. The summed E-state index contributed by atoms with van der Waals surface area (Å²) in [4.78, 5) is 9.21. The van der Waals surface area contributed by atoms with Crippen molar-refractivity contribution in [3.05, 3.63) is 71.6 Å². The molecule has 1 saturated heterocycles. The van der Waals surface area contributed by atoms with E-state index in [4.69, 9.17) is 16.3 Å². The van der Waals surface area contributed by atoms with Gasteiger partial charge < -0.3 is 14.6 Å². The lowest BCUT2D eigenvalue weighted by Crippen LogP contribution is -2.19. The number of aromatic nitrogens is 3. The topological polar surface area (TPSA) is 52.0 Å². The molecule has 0 radical (unpaired) electrons. The number of nitrogens with zero attached hydrogens (tertiary/aromatic N) is 3. The van der Waals surface area contributed by atoms with Gasteiger partial charge >= 0.3 is 0 Å². The molecule has 0 saturated carbocycles. The number of hydrogen-bond donors (Lipinski definition) is 1. The van der Waals surface area contributed by atoms with Gasteiger partial charge in [-0.3, -0.25) is 0 Å². The quantitative estimate of drug-likeness (QED) is 0.455. The minimum atomic E-state index is 0.230. The molecule has 1 unspecified atom stereocenters.